The van der Waals surface area contributed by atoms with Crippen molar-refractivity contribution in [2.75, 3.05) is 6.79 Å². The van der Waals surface area contributed by atoms with Gasteiger partial charge < -0.3 is 9.47 Å². The summed E-state index contributed by atoms with van der Waals surface area (Å²) in [4.78, 5) is 0. The van der Waals surface area contributed by atoms with Crippen molar-refractivity contribution in [2.24, 2.45) is 0 Å². The minimum Gasteiger partial charge on any atom is -0.454 e. The molecule has 0 radical (unpaired) electrons. The molecule has 0 saturated heterocycles. The fraction of sp³-hybridized carbons (Fsp3) is 0.286. The van der Waals surface area contributed by atoms with Gasteiger partial charge in [0.2, 0.25) is 6.79 Å². The molecule has 0 amide bonds. The van der Waals surface area contributed by atoms with Gasteiger partial charge >= 0.3 is 0 Å². The first-order valence-corrected chi connectivity index (χ1v) is 6.61. The van der Waals surface area contributed by atoms with Crippen molar-refractivity contribution >= 4 is 11.3 Å². The number of aryl methyl sites for hydroxylation is 2. The van der Waals surface area contributed by atoms with Gasteiger partial charge in [0.25, 0.3) is 0 Å². The lowest BCUT2D eigenvalue weighted by Gasteiger charge is -1.97. The Morgan fingerprint density at radius 2 is 2.00 bits per heavy atom. The summed E-state index contributed by atoms with van der Waals surface area (Å²) in [6.07, 6.45) is 1.04. The molecule has 90 valence electrons. The van der Waals surface area contributed by atoms with E-state index in [-0.39, 0.29) is 0 Å². The third kappa shape index (κ3) is 3.24. The maximum atomic E-state index is 5.22. The van der Waals surface area contributed by atoms with Crippen LogP contribution in [0, 0.1) is 6.92 Å². The van der Waals surface area contributed by atoms with Gasteiger partial charge in [-0.05, 0) is 53.4 Å². The molecule has 0 saturated carbocycles. The van der Waals surface area contributed by atoms with Gasteiger partial charge in [-0.1, -0.05) is 13.0 Å². The topological polar surface area (TPSA) is 18.5 Å². The lowest BCUT2D eigenvalue weighted by atomic mass is 10.1. The molecule has 1 aromatic heterocycles. The van der Waals surface area contributed by atoms with E-state index >= 15 is 0 Å². The summed E-state index contributed by atoms with van der Waals surface area (Å²) in [6, 6.07) is 8.15. The summed E-state index contributed by atoms with van der Waals surface area (Å²) < 4.78 is 10.4. The standard InChI is InChI=1S/C9H10O2.C5H6S/c1-2-7-3-4-8-9(5-7)11-6-10-8;1-5-2-3-6-4-5/h3-5H,2,6H2,1H3;2-4H,1H3. The summed E-state index contributed by atoms with van der Waals surface area (Å²) in [5, 5.41) is 4.20. The highest BCUT2D eigenvalue weighted by Crippen LogP contribution is 2.32. The zero-order valence-corrected chi connectivity index (χ0v) is 10.9. The van der Waals surface area contributed by atoms with Gasteiger partial charge in [-0.2, -0.15) is 11.3 Å². The molecule has 0 spiro atoms. The normalized spacial score (nSPS) is 11.9. The van der Waals surface area contributed by atoms with Crippen LogP contribution in [0.5, 0.6) is 11.5 Å². The van der Waals surface area contributed by atoms with Gasteiger partial charge in [-0.3, -0.25) is 0 Å². The Labute approximate surface area is 106 Å². The molecule has 2 nitrogen and oxygen atoms in total. The van der Waals surface area contributed by atoms with Crippen LogP contribution in [0.15, 0.2) is 35.0 Å². The predicted molar refractivity (Wildman–Crippen MR) is 71.0 cm³/mol. The SMILES string of the molecule is CCc1ccc2c(c1)OCO2.Cc1ccsc1. The molecule has 0 fully saturated rings. The largest absolute Gasteiger partial charge is 0.454 e. The van der Waals surface area contributed by atoms with Crippen molar-refractivity contribution in [1.82, 2.24) is 0 Å². The first-order valence-electron chi connectivity index (χ1n) is 5.67. The van der Waals surface area contributed by atoms with Gasteiger partial charge in [0.15, 0.2) is 11.5 Å². The Morgan fingerprint density at radius 3 is 2.59 bits per heavy atom. The summed E-state index contributed by atoms with van der Waals surface area (Å²) in [6.45, 7) is 4.58. The summed E-state index contributed by atoms with van der Waals surface area (Å²) in [7, 11) is 0. The lowest BCUT2D eigenvalue weighted by molar-refractivity contribution is 0.174. The average molecular weight is 248 g/mol. The second-order valence-electron chi connectivity index (χ2n) is 3.84. The maximum Gasteiger partial charge on any atom is 0.231 e. The zero-order chi connectivity index (χ0) is 12.1. The fourth-order valence-electron chi connectivity index (χ4n) is 1.49. The van der Waals surface area contributed by atoms with Crippen molar-refractivity contribution < 1.29 is 9.47 Å². The van der Waals surface area contributed by atoms with Crippen LogP contribution in [-0.2, 0) is 6.42 Å². The van der Waals surface area contributed by atoms with Crippen molar-refractivity contribution in [3.8, 4) is 11.5 Å². The summed E-state index contributed by atoms with van der Waals surface area (Å²) in [5.74, 6) is 1.74. The molecule has 3 rings (SSSR count). The number of hydrogen-bond acceptors (Lipinski definition) is 3. The quantitative estimate of drug-likeness (QED) is 0.758. The van der Waals surface area contributed by atoms with E-state index in [9.17, 15) is 0 Å². The lowest BCUT2D eigenvalue weighted by Crippen LogP contribution is -1.92. The minimum atomic E-state index is 0.364. The van der Waals surface area contributed by atoms with E-state index in [0.717, 1.165) is 17.9 Å². The molecule has 1 aliphatic heterocycles. The van der Waals surface area contributed by atoms with E-state index in [0.29, 0.717) is 6.79 Å². The zero-order valence-electron chi connectivity index (χ0n) is 10.1. The molecular weight excluding hydrogens is 232 g/mol. The van der Waals surface area contributed by atoms with Crippen LogP contribution in [0.3, 0.4) is 0 Å². The van der Waals surface area contributed by atoms with E-state index in [1.807, 2.05) is 12.1 Å². The molecule has 0 aliphatic carbocycles. The van der Waals surface area contributed by atoms with Crippen molar-refractivity contribution in [2.45, 2.75) is 20.3 Å². The monoisotopic (exact) mass is 248 g/mol. The van der Waals surface area contributed by atoms with Gasteiger partial charge in [0.1, 0.15) is 0 Å². The first kappa shape index (κ1) is 12.0. The van der Waals surface area contributed by atoms with E-state index in [1.54, 1.807) is 11.3 Å². The molecule has 3 heteroatoms. The second kappa shape index (κ2) is 5.73. The highest BCUT2D eigenvalue weighted by molar-refractivity contribution is 7.07. The molecule has 0 N–H and O–H groups in total. The van der Waals surface area contributed by atoms with Gasteiger partial charge in [0, 0.05) is 0 Å². The van der Waals surface area contributed by atoms with Gasteiger partial charge in [0.05, 0.1) is 0 Å². The smallest absolute Gasteiger partial charge is 0.231 e. The predicted octanol–water partition coefficient (Wildman–Crippen LogP) is 4.03. The van der Waals surface area contributed by atoms with E-state index < -0.39 is 0 Å². The average Bonchev–Trinajstić information content (AvgIpc) is 2.99. The number of thiophene rings is 1. The number of benzene rings is 1. The second-order valence-corrected chi connectivity index (χ2v) is 4.62. The molecule has 1 aromatic carbocycles. The number of ether oxygens (including phenoxy) is 2. The van der Waals surface area contributed by atoms with Crippen LogP contribution in [-0.4, -0.2) is 6.79 Å². The molecule has 0 unspecified atom stereocenters. The first-order chi connectivity index (χ1) is 8.29. The Kier molecular flexibility index (Phi) is 4.04. The highest BCUT2D eigenvalue weighted by atomic mass is 32.1. The fourth-order valence-corrected chi connectivity index (χ4v) is 2.16. The van der Waals surface area contributed by atoms with Crippen molar-refractivity contribution in [1.29, 1.82) is 0 Å². The molecule has 0 bridgehead atoms. The van der Waals surface area contributed by atoms with E-state index in [1.165, 1.54) is 11.1 Å². The van der Waals surface area contributed by atoms with Gasteiger partial charge in [-0.15, -0.1) is 0 Å². The molecule has 2 aromatic rings. The Bertz CT molecular complexity index is 463. The summed E-state index contributed by atoms with van der Waals surface area (Å²) >= 11 is 1.74. The Balaban J connectivity index is 0.000000153. The van der Waals surface area contributed by atoms with Crippen LogP contribution in [0.1, 0.15) is 18.1 Å². The van der Waals surface area contributed by atoms with Crippen LogP contribution >= 0.6 is 11.3 Å². The van der Waals surface area contributed by atoms with Crippen molar-refractivity contribution in [3.05, 3.63) is 46.2 Å². The molecular formula is C14H16O2S. The third-order valence-electron chi connectivity index (χ3n) is 2.51. The number of rotatable bonds is 1. The van der Waals surface area contributed by atoms with Crippen LogP contribution in [0.2, 0.25) is 0 Å². The van der Waals surface area contributed by atoms with Crippen molar-refractivity contribution in [3.63, 3.8) is 0 Å². The van der Waals surface area contributed by atoms with E-state index in [4.69, 9.17) is 9.47 Å². The number of hydrogen-bond donors (Lipinski definition) is 0. The molecule has 1 aliphatic rings. The Hall–Kier alpha value is -1.48. The van der Waals surface area contributed by atoms with Crippen LogP contribution in [0.4, 0.5) is 0 Å². The third-order valence-corrected chi connectivity index (χ3v) is 3.31. The van der Waals surface area contributed by atoms with E-state index in [2.05, 4.69) is 36.7 Å². The highest BCUT2D eigenvalue weighted by Gasteiger charge is 2.11. The summed E-state index contributed by atoms with van der Waals surface area (Å²) in [5.41, 5.74) is 2.65. The molecule has 2 heterocycles. The minimum absolute atomic E-state index is 0.364. The van der Waals surface area contributed by atoms with Crippen LogP contribution in [0.25, 0.3) is 0 Å². The maximum absolute atomic E-state index is 5.22. The molecule has 17 heavy (non-hydrogen) atoms. The van der Waals surface area contributed by atoms with Crippen LogP contribution < -0.4 is 9.47 Å². The molecule has 0 atom stereocenters. The van der Waals surface area contributed by atoms with Gasteiger partial charge in [-0.25, -0.2) is 0 Å². The Morgan fingerprint density at radius 1 is 1.18 bits per heavy atom. The number of fused-ring (bicyclic) bond motifs is 1.